The summed E-state index contributed by atoms with van der Waals surface area (Å²) >= 11 is 0. The van der Waals surface area contributed by atoms with Crippen LogP contribution in [-0.2, 0) is 28.8 Å². The van der Waals surface area contributed by atoms with Crippen molar-refractivity contribution < 1.29 is 14.6 Å². The first-order valence-electron chi connectivity index (χ1n) is 5.26. The van der Waals surface area contributed by atoms with Crippen LogP contribution in [0.15, 0.2) is 12.1 Å². The van der Waals surface area contributed by atoms with Crippen LogP contribution in [0.4, 0.5) is 0 Å². The monoisotopic (exact) mass is 221 g/mol. The summed E-state index contributed by atoms with van der Waals surface area (Å²) in [6.07, 6.45) is 1.66. The second-order valence-electron chi connectivity index (χ2n) is 4.17. The largest absolute Gasteiger partial charge is 0.508 e. The standard InChI is InChI=1S/C12H15NO3/c1-16-12(15)4-7-2-8-5-9(13)6-10(8)11(14)3-7/h2-3,9,14H,4-6,13H2,1H3. The summed E-state index contributed by atoms with van der Waals surface area (Å²) in [6, 6.07) is 3.63. The van der Waals surface area contributed by atoms with Crippen LogP contribution >= 0.6 is 0 Å². The van der Waals surface area contributed by atoms with Gasteiger partial charge in [0.05, 0.1) is 13.5 Å². The first-order chi connectivity index (χ1) is 7.60. The van der Waals surface area contributed by atoms with Gasteiger partial charge in [-0.3, -0.25) is 4.79 Å². The summed E-state index contributed by atoms with van der Waals surface area (Å²) in [5, 5.41) is 9.81. The zero-order chi connectivity index (χ0) is 11.7. The predicted octanol–water partition coefficient (Wildman–Crippen LogP) is 0.534. The maximum atomic E-state index is 11.1. The molecule has 0 radical (unpaired) electrons. The molecule has 0 aromatic heterocycles. The molecule has 0 saturated heterocycles. The van der Waals surface area contributed by atoms with E-state index in [1.807, 2.05) is 6.07 Å². The second-order valence-corrected chi connectivity index (χ2v) is 4.17. The van der Waals surface area contributed by atoms with E-state index in [0.29, 0.717) is 6.42 Å². The third-order valence-corrected chi connectivity index (χ3v) is 2.90. The number of methoxy groups -OCH3 is 1. The number of hydrogen-bond donors (Lipinski definition) is 2. The van der Waals surface area contributed by atoms with Crippen molar-refractivity contribution in [2.45, 2.75) is 25.3 Å². The number of phenolic OH excluding ortho intramolecular Hbond substituents is 1. The van der Waals surface area contributed by atoms with Gasteiger partial charge in [-0.1, -0.05) is 6.07 Å². The molecule has 1 atom stereocenters. The maximum Gasteiger partial charge on any atom is 0.309 e. The van der Waals surface area contributed by atoms with E-state index in [-0.39, 0.29) is 24.2 Å². The topological polar surface area (TPSA) is 72.5 Å². The number of carbonyl (C=O) groups excluding carboxylic acids is 1. The van der Waals surface area contributed by atoms with Gasteiger partial charge in [0.15, 0.2) is 0 Å². The van der Waals surface area contributed by atoms with Crippen LogP contribution in [0.5, 0.6) is 5.75 Å². The lowest BCUT2D eigenvalue weighted by molar-refractivity contribution is -0.139. The molecular weight excluding hydrogens is 206 g/mol. The molecule has 2 rings (SSSR count). The van der Waals surface area contributed by atoms with Gasteiger partial charge in [-0.2, -0.15) is 0 Å². The zero-order valence-corrected chi connectivity index (χ0v) is 9.19. The van der Waals surface area contributed by atoms with E-state index in [1.165, 1.54) is 7.11 Å². The van der Waals surface area contributed by atoms with Crippen LogP contribution in [0.1, 0.15) is 16.7 Å². The van der Waals surface area contributed by atoms with Crippen LogP contribution in [0.25, 0.3) is 0 Å². The van der Waals surface area contributed by atoms with E-state index < -0.39 is 0 Å². The number of carbonyl (C=O) groups is 1. The second kappa shape index (κ2) is 4.14. The summed E-state index contributed by atoms with van der Waals surface area (Å²) in [6.45, 7) is 0. The molecule has 0 heterocycles. The molecule has 1 aliphatic rings. The van der Waals surface area contributed by atoms with E-state index in [4.69, 9.17) is 5.73 Å². The highest BCUT2D eigenvalue weighted by Crippen LogP contribution is 2.31. The van der Waals surface area contributed by atoms with Gasteiger partial charge in [0.25, 0.3) is 0 Å². The molecule has 1 aromatic carbocycles. The van der Waals surface area contributed by atoms with Gasteiger partial charge in [-0.15, -0.1) is 0 Å². The fourth-order valence-electron chi connectivity index (χ4n) is 2.16. The van der Waals surface area contributed by atoms with E-state index in [2.05, 4.69) is 4.74 Å². The molecule has 0 bridgehead atoms. The van der Waals surface area contributed by atoms with Crippen LogP contribution < -0.4 is 5.73 Å². The summed E-state index contributed by atoms with van der Waals surface area (Å²) in [7, 11) is 1.35. The lowest BCUT2D eigenvalue weighted by Crippen LogP contribution is -2.19. The van der Waals surface area contributed by atoms with Crippen LogP contribution in [-0.4, -0.2) is 24.2 Å². The van der Waals surface area contributed by atoms with Crippen molar-refractivity contribution in [2.75, 3.05) is 7.11 Å². The highest BCUT2D eigenvalue weighted by Gasteiger charge is 2.22. The van der Waals surface area contributed by atoms with E-state index in [1.54, 1.807) is 6.07 Å². The van der Waals surface area contributed by atoms with Gasteiger partial charge in [0, 0.05) is 6.04 Å². The van der Waals surface area contributed by atoms with E-state index in [0.717, 1.165) is 23.1 Å². The molecule has 3 N–H and O–H groups in total. The van der Waals surface area contributed by atoms with Gasteiger partial charge in [0.1, 0.15) is 5.75 Å². The Kier molecular flexibility index (Phi) is 2.83. The summed E-state index contributed by atoms with van der Waals surface area (Å²) in [4.78, 5) is 11.1. The minimum absolute atomic E-state index is 0.0780. The van der Waals surface area contributed by atoms with E-state index >= 15 is 0 Å². The van der Waals surface area contributed by atoms with Crippen molar-refractivity contribution in [3.63, 3.8) is 0 Å². The van der Waals surface area contributed by atoms with E-state index in [9.17, 15) is 9.90 Å². The zero-order valence-electron chi connectivity index (χ0n) is 9.19. The molecule has 0 saturated carbocycles. The number of ether oxygens (including phenoxy) is 1. The Morgan fingerprint density at radius 3 is 3.00 bits per heavy atom. The Bertz CT molecular complexity index is 429. The van der Waals surface area contributed by atoms with Gasteiger partial charge in [-0.05, 0) is 35.6 Å². The maximum absolute atomic E-state index is 11.1. The smallest absolute Gasteiger partial charge is 0.309 e. The third kappa shape index (κ3) is 2.02. The molecule has 16 heavy (non-hydrogen) atoms. The number of nitrogens with two attached hydrogens (primary N) is 1. The number of phenols is 1. The Balaban J connectivity index is 2.27. The Morgan fingerprint density at radius 2 is 2.31 bits per heavy atom. The predicted molar refractivity (Wildman–Crippen MR) is 59.2 cm³/mol. The number of fused-ring (bicyclic) bond motifs is 1. The quantitative estimate of drug-likeness (QED) is 0.715. The molecule has 1 aromatic rings. The van der Waals surface area contributed by atoms with Crippen molar-refractivity contribution >= 4 is 5.97 Å². The van der Waals surface area contributed by atoms with Crippen molar-refractivity contribution in [2.24, 2.45) is 5.73 Å². The Morgan fingerprint density at radius 1 is 1.56 bits per heavy atom. The first-order valence-corrected chi connectivity index (χ1v) is 5.26. The lowest BCUT2D eigenvalue weighted by Gasteiger charge is -2.06. The average molecular weight is 221 g/mol. The third-order valence-electron chi connectivity index (χ3n) is 2.90. The van der Waals surface area contributed by atoms with Crippen molar-refractivity contribution in [1.82, 2.24) is 0 Å². The Labute approximate surface area is 94.0 Å². The van der Waals surface area contributed by atoms with Crippen molar-refractivity contribution in [3.8, 4) is 5.75 Å². The summed E-state index contributed by atoms with van der Waals surface area (Å²) < 4.78 is 4.59. The SMILES string of the molecule is COC(=O)Cc1cc(O)c2c(c1)CC(N)C2. The van der Waals surface area contributed by atoms with Crippen molar-refractivity contribution in [1.29, 1.82) is 0 Å². The van der Waals surface area contributed by atoms with Crippen molar-refractivity contribution in [3.05, 3.63) is 28.8 Å². The molecule has 0 fully saturated rings. The Hall–Kier alpha value is -1.55. The van der Waals surface area contributed by atoms with Crippen LogP contribution in [0, 0.1) is 0 Å². The van der Waals surface area contributed by atoms with Gasteiger partial charge in [0.2, 0.25) is 0 Å². The molecule has 0 aliphatic heterocycles. The summed E-state index contributed by atoms with van der Waals surface area (Å²) in [5.41, 5.74) is 8.57. The minimum Gasteiger partial charge on any atom is -0.508 e. The number of benzene rings is 1. The lowest BCUT2D eigenvalue weighted by atomic mass is 10.0. The fourth-order valence-corrected chi connectivity index (χ4v) is 2.16. The molecular formula is C12H15NO3. The number of aromatic hydroxyl groups is 1. The molecule has 86 valence electrons. The van der Waals surface area contributed by atoms with Gasteiger partial charge in [-0.25, -0.2) is 0 Å². The number of hydrogen-bond acceptors (Lipinski definition) is 4. The molecule has 1 aliphatic carbocycles. The molecule has 0 spiro atoms. The van der Waals surface area contributed by atoms with Gasteiger partial charge >= 0.3 is 5.97 Å². The summed E-state index contributed by atoms with van der Waals surface area (Å²) in [5.74, 6) is -0.0639. The normalized spacial score (nSPS) is 18.2. The fraction of sp³-hybridized carbons (Fsp3) is 0.417. The molecule has 1 unspecified atom stereocenters. The first kappa shape index (κ1) is 11.0. The average Bonchev–Trinajstić information content (AvgIpc) is 2.59. The highest BCUT2D eigenvalue weighted by molar-refractivity contribution is 5.72. The van der Waals surface area contributed by atoms with Crippen LogP contribution in [0.2, 0.25) is 0 Å². The molecule has 4 nitrogen and oxygen atoms in total. The minimum atomic E-state index is -0.304. The number of esters is 1. The molecule has 0 amide bonds. The highest BCUT2D eigenvalue weighted by atomic mass is 16.5. The van der Waals surface area contributed by atoms with Crippen LogP contribution in [0.3, 0.4) is 0 Å². The molecule has 4 heteroatoms. The number of rotatable bonds is 2. The van der Waals surface area contributed by atoms with Gasteiger partial charge < -0.3 is 15.6 Å².